The monoisotopic (exact) mass is 274 g/mol. The molecule has 2 aromatic rings. The molecule has 106 valence electrons. The lowest BCUT2D eigenvalue weighted by molar-refractivity contribution is 0.00578. The predicted octanol–water partition coefficient (Wildman–Crippen LogP) is 1.64. The number of rotatable bonds is 2. The molecule has 0 spiro atoms. The number of pyridine rings is 1. The predicted molar refractivity (Wildman–Crippen MR) is 77.5 cm³/mol. The largest absolute Gasteiger partial charge is 0.495 e. The van der Waals surface area contributed by atoms with E-state index in [0.29, 0.717) is 5.88 Å². The van der Waals surface area contributed by atoms with Crippen molar-refractivity contribution in [3.63, 3.8) is 0 Å². The maximum atomic E-state index is 6.07. The van der Waals surface area contributed by atoms with Crippen molar-refractivity contribution in [2.24, 2.45) is 0 Å². The normalized spacial score (nSPS) is 20.6. The molecule has 0 bridgehead atoms. The van der Waals surface area contributed by atoms with E-state index in [2.05, 4.69) is 5.10 Å². The molecule has 3 rings (SSSR count). The van der Waals surface area contributed by atoms with E-state index < -0.39 is 7.12 Å². The molecule has 1 aliphatic heterocycles. The maximum Gasteiger partial charge on any atom is 0.495 e. The van der Waals surface area contributed by atoms with Crippen molar-refractivity contribution in [1.29, 1.82) is 0 Å². The van der Waals surface area contributed by atoms with Crippen LogP contribution in [-0.2, 0) is 9.31 Å². The van der Waals surface area contributed by atoms with Gasteiger partial charge in [-0.2, -0.15) is 5.10 Å². The van der Waals surface area contributed by atoms with Gasteiger partial charge in [-0.3, -0.25) is 0 Å². The highest BCUT2D eigenvalue weighted by Gasteiger charge is 2.51. The molecule has 20 heavy (non-hydrogen) atoms. The molecule has 0 atom stereocenters. The van der Waals surface area contributed by atoms with Crippen LogP contribution < -0.4 is 10.2 Å². The maximum absolute atomic E-state index is 6.07. The van der Waals surface area contributed by atoms with Crippen LogP contribution in [0.25, 0.3) is 5.52 Å². The molecular weight excluding hydrogens is 255 g/mol. The topological polar surface area (TPSA) is 45.0 Å². The summed E-state index contributed by atoms with van der Waals surface area (Å²) < 4.78 is 19.3. The van der Waals surface area contributed by atoms with E-state index >= 15 is 0 Å². The first-order valence-electron chi connectivity index (χ1n) is 6.71. The molecule has 5 nitrogen and oxygen atoms in total. The smallest absolute Gasteiger partial charge is 0.481 e. The number of nitrogens with zero attached hydrogens (tertiary/aromatic N) is 2. The standard InChI is InChI=1S/C14H19BN2O3/c1-13(2)14(3,4)20-15(19-13)10-8-11-6-7-16-17(11)12(9-10)18-5/h6-9H,1-5H3. The van der Waals surface area contributed by atoms with Crippen molar-refractivity contribution in [1.82, 2.24) is 9.61 Å². The third kappa shape index (κ3) is 1.91. The average Bonchev–Trinajstić information content (AvgIpc) is 2.91. The summed E-state index contributed by atoms with van der Waals surface area (Å²) in [5, 5.41) is 4.22. The third-order valence-electron chi connectivity index (χ3n) is 4.22. The second kappa shape index (κ2) is 4.23. The molecule has 2 aromatic heterocycles. The van der Waals surface area contributed by atoms with E-state index in [1.807, 2.05) is 45.9 Å². The van der Waals surface area contributed by atoms with Gasteiger partial charge in [-0.1, -0.05) is 0 Å². The van der Waals surface area contributed by atoms with Gasteiger partial charge in [-0.15, -0.1) is 0 Å². The quantitative estimate of drug-likeness (QED) is 0.781. The first-order valence-corrected chi connectivity index (χ1v) is 6.71. The molecular formula is C14H19BN2O3. The second-order valence-electron chi connectivity index (χ2n) is 6.09. The Balaban J connectivity index is 2.03. The van der Waals surface area contributed by atoms with Crippen LogP contribution in [0.1, 0.15) is 27.7 Å². The van der Waals surface area contributed by atoms with E-state index in [1.165, 1.54) is 0 Å². The van der Waals surface area contributed by atoms with Gasteiger partial charge in [0.05, 0.1) is 30.0 Å². The molecule has 0 N–H and O–H groups in total. The highest BCUT2D eigenvalue weighted by atomic mass is 16.7. The fourth-order valence-electron chi connectivity index (χ4n) is 2.28. The summed E-state index contributed by atoms with van der Waals surface area (Å²) in [5.74, 6) is 0.664. The van der Waals surface area contributed by atoms with Crippen LogP contribution >= 0.6 is 0 Å². The minimum atomic E-state index is -0.395. The van der Waals surface area contributed by atoms with Gasteiger partial charge in [0.25, 0.3) is 0 Å². The number of ether oxygens (including phenoxy) is 1. The van der Waals surface area contributed by atoms with Crippen molar-refractivity contribution in [3.05, 3.63) is 24.4 Å². The van der Waals surface area contributed by atoms with E-state index in [-0.39, 0.29) is 11.2 Å². The molecule has 0 aromatic carbocycles. The van der Waals surface area contributed by atoms with Crippen LogP contribution in [0, 0.1) is 0 Å². The Morgan fingerprint density at radius 1 is 1.15 bits per heavy atom. The highest BCUT2D eigenvalue weighted by molar-refractivity contribution is 6.62. The van der Waals surface area contributed by atoms with Crippen molar-refractivity contribution in [2.75, 3.05) is 7.11 Å². The summed E-state index contributed by atoms with van der Waals surface area (Å²) in [7, 11) is 1.23. The Morgan fingerprint density at radius 3 is 2.40 bits per heavy atom. The summed E-state index contributed by atoms with van der Waals surface area (Å²) in [6, 6.07) is 5.84. The molecule has 0 amide bonds. The van der Waals surface area contributed by atoms with Crippen LogP contribution in [-0.4, -0.2) is 35.0 Å². The summed E-state index contributed by atoms with van der Waals surface area (Å²) in [4.78, 5) is 0. The molecule has 0 saturated carbocycles. The van der Waals surface area contributed by atoms with E-state index in [4.69, 9.17) is 14.0 Å². The highest BCUT2D eigenvalue weighted by Crippen LogP contribution is 2.36. The Kier molecular flexibility index (Phi) is 2.85. The zero-order chi connectivity index (χ0) is 14.5. The zero-order valence-electron chi connectivity index (χ0n) is 12.5. The van der Waals surface area contributed by atoms with Gasteiger partial charge in [-0.05, 0) is 45.3 Å². The van der Waals surface area contributed by atoms with Gasteiger partial charge in [0.2, 0.25) is 5.88 Å². The van der Waals surface area contributed by atoms with Crippen LogP contribution in [0.5, 0.6) is 5.88 Å². The van der Waals surface area contributed by atoms with Crippen molar-refractivity contribution in [3.8, 4) is 5.88 Å². The minimum Gasteiger partial charge on any atom is -0.481 e. The van der Waals surface area contributed by atoms with Crippen molar-refractivity contribution < 1.29 is 14.0 Å². The lowest BCUT2D eigenvalue weighted by atomic mass is 9.79. The number of methoxy groups -OCH3 is 1. The number of fused-ring (bicyclic) bond motifs is 1. The van der Waals surface area contributed by atoms with Gasteiger partial charge < -0.3 is 14.0 Å². The summed E-state index contributed by atoms with van der Waals surface area (Å²) >= 11 is 0. The Bertz CT molecular complexity index is 635. The molecule has 0 unspecified atom stereocenters. The van der Waals surface area contributed by atoms with Crippen molar-refractivity contribution in [2.45, 2.75) is 38.9 Å². The summed E-state index contributed by atoms with van der Waals surface area (Å²) in [6.45, 7) is 8.17. The number of hydrogen-bond donors (Lipinski definition) is 0. The average molecular weight is 274 g/mol. The molecule has 1 saturated heterocycles. The van der Waals surface area contributed by atoms with Gasteiger partial charge in [-0.25, -0.2) is 4.52 Å². The van der Waals surface area contributed by atoms with Crippen LogP contribution in [0.2, 0.25) is 0 Å². The van der Waals surface area contributed by atoms with Gasteiger partial charge in [0.1, 0.15) is 0 Å². The molecule has 0 radical (unpaired) electrons. The van der Waals surface area contributed by atoms with E-state index in [9.17, 15) is 0 Å². The van der Waals surface area contributed by atoms with E-state index in [1.54, 1.807) is 17.8 Å². The Labute approximate surface area is 119 Å². The van der Waals surface area contributed by atoms with Gasteiger partial charge in [0, 0.05) is 6.07 Å². The Morgan fingerprint density at radius 2 is 1.80 bits per heavy atom. The molecule has 1 fully saturated rings. The molecule has 6 heteroatoms. The lowest BCUT2D eigenvalue weighted by Gasteiger charge is -2.32. The van der Waals surface area contributed by atoms with Crippen LogP contribution in [0.15, 0.2) is 24.4 Å². The van der Waals surface area contributed by atoms with E-state index in [0.717, 1.165) is 11.0 Å². The second-order valence-corrected chi connectivity index (χ2v) is 6.09. The summed E-state index contributed by atoms with van der Waals surface area (Å²) in [6.07, 6.45) is 1.74. The summed E-state index contributed by atoms with van der Waals surface area (Å²) in [5.41, 5.74) is 1.19. The molecule has 0 aliphatic carbocycles. The molecule has 1 aliphatic rings. The van der Waals surface area contributed by atoms with Crippen molar-refractivity contribution >= 4 is 18.1 Å². The van der Waals surface area contributed by atoms with Gasteiger partial charge >= 0.3 is 7.12 Å². The van der Waals surface area contributed by atoms with Crippen LogP contribution in [0.4, 0.5) is 0 Å². The van der Waals surface area contributed by atoms with Gasteiger partial charge in [0.15, 0.2) is 0 Å². The molecule has 3 heterocycles. The number of aromatic nitrogens is 2. The fourth-order valence-corrected chi connectivity index (χ4v) is 2.28. The van der Waals surface area contributed by atoms with Crippen LogP contribution in [0.3, 0.4) is 0 Å². The minimum absolute atomic E-state index is 0.350. The fraction of sp³-hybridized carbons (Fsp3) is 0.500. The lowest BCUT2D eigenvalue weighted by Crippen LogP contribution is -2.41. The first kappa shape index (κ1) is 13.5. The third-order valence-corrected chi connectivity index (χ3v) is 4.22. The number of hydrogen-bond acceptors (Lipinski definition) is 4. The Hall–Kier alpha value is -1.53. The SMILES string of the molecule is COc1cc(B2OC(C)(C)C(C)(C)O2)cc2ccnn12. The first-order chi connectivity index (χ1) is 9.34. The zero-order valence-corrected chi connectivity index (χ0v) is 12.5.